The zero-order chi connectivity index (χ0) is 14.5. The third-order valence-electron chi connectivity index (χ3n) is 3.00. The summed E-state index contributed by atoms with van der Waals surface area (Å²) in [6, 6.07) is 9.48. The monoisotopic (exact) mass is 274 g/mol. The average molecular weight is 274 g/mol. The fourth-order valence-corrected chi connectivity index (χ4v) is 1.74. The number of benzene rings is 1. The van der Waals surface area contributed by atoms with Crippen LogP contribution in [0.2, 0.25) is 0 Å². The Labute approximate surface area is 117 Å². The normalized spacial score (nSPS) is 10.3. The van der Waals surface area contributed by atoms with Crippen molar-refractivity contribution in [1.82, 2.24) is 14.7 Å². The highest BCUT2D eigenvalue weighted by molar-refractivity contribution is 5.98. The van der Waals surface area contributed by atoms with Gasteiger partial charge in [-0.25, -0.2) is 0 Å². The lowest BCUT2D eigenvalue weighted by Gasteiger charge is -2.17. The number of nitrogens with zero attached hydrogens (tertiary/aromatic N) is 3. The van der Waals surface area contributed by atoms with E-state index in [1.54, 1.807) is 19.0 Å². The third kappa shape index (κ3) is 3.09. The van der Waals surface area contributed by atoms with Crippen molar-refractivity contribution in [2.24, 2.45) is 7.05 Å². The molecule has 2 rings (SSSR count). The molecule has 1 heterocycles. The number of amides is 1. The van der Waals surface area contributed by atoms with E-state index in [9.17, 15) is 4.79 Å². The number of carbonyl (C=O) groups excluding carboxylic acids is 1. The van der Waals surface area contributed by atoms with E-state index in [1.807, 2.05) is 30.3 Å². The third-order valence-corrected chi connectivity index (χ3v) is 3.00. The molecule has 20 heavy (non-hydrogen) atoms. The smallest absolute Gasteiger partial charge is 0.259 e. The Morgan fingerprint density at radius 1 is 1.40 bits per heavy atom. The van der Waals surface area contributed by atoms with Gasteiger partial charge in [-0.05, 0) is 12.1 Å². The van der Waals surface area contributed by atoms with Gasteiger partial charge in [0, 0.05) is 14.1 Å². The molecule has 2 N–H and O–H groups in total. The van der Waals surface area contributed by atoms with Crippen LogP contribution >= 0.6 is 0 Å². The number of aryl methyl sites for hydroxylation is 1. The van der Waals surface area contributed by atoms with E-state index >= 15 is 0 Å². The molecule has 0 spiro atoms. The van der Waals surface area contributed by atoms with Crippen LogP contribution in [-0.2, 0) is 7.05 Å². The number of para-hydroxylation sites is 1. The predicted molar refractivity (Wildman–Crippen MR) is 76.5 cm³/mol. The summed E-state index contributed by atoms with van der Waals surface area (Å²) in [6.07, 6.45) is 1.48. The topological polar surface area (TPSA) is 73.4 Å². The van der Waals surface area contributed by atoms with Crippen molar-refractivity contribution < 1.29 is 9.53 Å². The maximum atomic E-state index is 12.2. The van der Waals surface area contributed by atoms with Crippen LogP contribution < -0.4 is 10.5 Å². The quantitative estimate of drug-likeness (QED) is 0.887. The molecule has 1 aromatic carbocycles. The molecule has 1 aromatic heterocycles. The van der Waals surface area contributed by atoms with Crippen LogP contribution in [0.25, 0.3) is 0 Å². The molecular weight excluding hydrogens is 256 g/mol. The van der Waals surface area contributed by atoms with E-state index in [1.165, 1.54) is 10.9 Å². The number of rotatable bonds is 5. The molecule has 0 fully saturated rings. The molecular formula is C14H18N4O2. The summed E-state index contributed by atoms with van der Waals surface area (Å²) < 4.78 is 7.03. The first-order valence-electron chi connectivity index (χ1n) is 6.30. The van der Waals surface area contributed by atoms with E-state index < -0.39 is 0 Å². The summed E-state index contributed by atoms with van der Waals surface area (Å²) in [5, 5.41) is 3.96. The molecule has 0 bridgehead atoms. The maximum absolute atomic E-state index is 12.2. The SMILES string of the molecule is CN(CCOc1ccccc1)C(=O)c1cnn(C)c1N. The number of hydrogen-bond donors (Lipinski definition) is 1. The Morgan fingerprint density at radius 3 is 2.70 bits per heavy atom. The van der Waals surface area contributed by atoms with Crippen molar-refractivity contribution in [3.8, 4) is 5.75 Å². The minimum absolute atomic E-state index is 0.160. The summed E-state index contributed by atoms with van der Waals surface area (Å²) in [7, 11) is 3.41. The molecule has 0 aliphatic rings. The van der Waals surface area contributed by atoms with E-state index in [2.05, 4.69) is 5.10 Å². The Balaban J connectivity index is 1.87. The highest BCUT2D eigenvalue weighted by Crippen LogP contribution is 2.12. The van der Waals surface area contributed by atoms with Crippen LogP contribution in [-0.4, -0.2) is 40.8 Å². The van der Waals surface area contributed by atoms with Crippen molar-refractivity contribution >= 4 is 11.7 Å². The van der Waals surface area contributed by atoms with Crippen molar-refractivity contribution in [3.63, 3.8) is 0 Å². The first-order valence-corrected chi connectivity index (χ1v) is 6.30. The Bertz CT molecular complexity index is 580. The van der Waals surface area contributed by atoms with Gasteiger partial charge in [0.2, 0.25) is 0 Å². The van der Waals surface area contributed by atoms with Crippen LogP contribution in [0.4, 0.5) is 5.82 Å². The number of aromatic nitrogens is 2. The largest absolute Gasteiger partial charge is 0.492 e. The molecule has 1 amide bonds. The van der Waals surface area contributed by atoms with Gasteiger partial charge >= 0.3 is 0 Å². The minimum atomic E-state index is -0.160. The molecule has 0 unspecified atom stereocenters. The fourth-order valence-electron chi connectivity index (χ4n) is 1.74. The van der Waals surface area contributed by atoms with E-state index in [-0.39, 0.29) is 5.91 Å². The molecule has 2 aromatic rings. The van der Waals surface area contributed by atoms with Gasteiger partial charge in [-0.3, -0.25) is 9.48 Å². The van der Waals surface area contributed by atoms with Gasteiger partial charge in [0.1, 0.15) is 23.7 Å². The second kappa shape index (κ2) is 6.10. The second-order valence-electron chi connectivity index (χ2n) is 4.46. The number of ether oxygens (including phenoxy) is 1. The van der Waals surface area contributed by atoms with Gasteiger partial charge < -0.3 is 15.4 Å². The predicted octanol–water partition coefficient (Wildman–Crippen LogP) is 1.15. The summed E-state index contributed by atoms with van der Waals surface area (Å²) in [4.78, 5) is 13.7. The van der Waals surface area contributed by atoms with Crippen molar-refractivity contribution in [2.45, 2.75) is 0 Å². The van der Waals surface area contributed by atoms with E-state index in [0.29, 0.717) is 24.5 Å². The van der Waals surface area contributed by atoms with Gasteiger partial charge in [-0.1, -0.05) is 18.2 Å². The van der Waals surface area contributed by atoms with Crippen molar-refractivity contribution in [3.05, 3.63) is 42.1 Å². The van der Waals surface area contributed by atoms with Crippen molar-refractivity contribution in [1.29, 1.82) is 0 Å². The zero-order valence-corrected chi connectivity index (χ0v) is 11.6. The molecule has 6 nitrogen and oxygen atoms in total. The lowest BCUT2D eigenvalue weighted by Crippen LogP contribution is -2.31. The number of anilines is 1. The molecule has 0 atom stereocenters. The molecule has 0 saturated carbocycles. The van der Waals surface area contributed by atoms with E-state index in [4.69, 9.17) is 10.5 Å². The first kappa shape index (κ1) is 13.9. The Kier molecular flexibility index (Phi) is 4.24. The molecule has 0 saturated heterocycles. The number of nitrogen functional groups attached to an aromatic ring is 1. The lowest BCUT2D eigenvalue weighted by molar-refractivity contribution is 0.0775. The molecule has 0 aliphatic heterocycles. The summed E-state index contributed by atoms with van der Waals surface area (Å²) in [5.74, 6) is 0.993. The zero-order valence-electron chi connectivity index (χ0n) is 11.6. The van der Waals surface area contributed by atoms with Gasteiger partial charge in [-0.2, -0.15) is 5.10 Å². The van der Waals surface area contributed by atoms with Crippen LogP contribution in [0.3, 0.4) is 0 Å². The van der Waals surface area contributed by atoms with Gasteiger partial charge in [0.15, 0.2) is 0 Å². The minimum Gasteiger partial charge on any atom is -0.492 e. The summed E-state index contributed by atoms with van der Waals surface area (Å²) in [6.45, 7) is 0.897. The number of hydrogen-bond acceptors (Lipinski definition) is 4. The number of nitrogens with two attached hydrogens (primary N) is 1. The molecule has 0 radical (unpaired) electrons. The summed E-state index contributed by atoms with van der Waals surface area (Å²) >= 11 is 0. The number of carbonyl (C=O) groups is 1. The van der Waals surface area contributed by atoms with Gasteiger partial charge in [-0.15, -0.1) is 0 Å². The highest BCUT2D eigenvalue weighted by atomic mass is 16.5. The van der Waals surface area contributed by atoms with Gasteiger partial charge in [0.25, 0.3) is 5.91 Å². The maximum Gasteiger partial charge on any atom is 0.259 e. The van der Waals surface area contributed by atoms with Crippen molar-refractivity contribution in [2.75, 3.05) is 25.9 Å². The molecule has 0 aliphatic carbocycles. The Hall–Kier alpha value is -2.50. The fraction of sp³-hybridized carbons (Fsp3) is 0.286. The number of likely N-dealkylation sites (N-methyl/N-ethyl adjacent to an activating group) is 1. The first-order chi connectivity index (χ1) is 9.59. The van der Waals surface area contributed by atoms with Crippen LogP contribution in [0, 0.1) is 0 Å². The standard InChI is InChI=1S/C14H18N4O2/c1-17(8-9-20-11-6-4-3-5-7-11)14(19)12-10-16-18(2)13(12)15/h3-7,10H,8-9,15H2,1-2H3. The van der Waals surface area contributed by atoms with Crippen LogP contribution in [0.1, 0.15) is 10.4 Å². The molecule has 6 heteroatoms. The van der Waals surface area contributed by atoms with E-state index in [0.717, 1.165) is 5.75 Å². The second-order valence-corrected chi connectivity index (χ2v) is 4.46. The summed E-state index contributed by atoms with van der Waals surface area (Å²) in [5.41, 5.74) is 6.19. The Morgan fingerprint density at radius 2 is 2.10 bits per heavy atom. The van der Waals surface area contributed by atoms with Gasteiger partial charge in [0.05, 0.1) is 12.7 Å². The molecule has 106 valence electrons. The van der Waals surface area contributed by atoms with Crippen LogP contribution in [0.5, 0.6) is 5.75 Å². The van der Waals surface area contributed by atoms with Crippen LogP contribution in [0.15, 0.2) is 36.5 Å². The average Bonchev–Trinajstić information content (AvgIpc) is 2.79. The lowest BCUT2D eigenvalue weighted by atomic mass is 10.3. The highest BCUT2D eigenvalue weighted by Gasteiger charge is 2.17.